The zero-order valence-electron chi connectivity index (χ0n) is 25.7. The number of nitrogens with zero attached hydrogens (tertiary/aromatic N) is 2. The minimum Gasteiger partial charge on any atom is -0.496 e. The van der Waals surface area contributed by atoms with Crippen molar-refractivity contribution in [3.63, 3.8) is 0 Å². The van der Waals surface area contributed by atoms with Crippen LogP contribution in [0.25, 0.3) is 17.0 Å². The van der Waals surface area contributed by atoms with E-state index < -0.39 is 5.60 Å². The third-order valence-electron chi connectivity index (χ3n) is 8.64. The molecule has 0 radical (unpaired) electrons. The van der Waals surface area contributed by atoms with Gasteiger partial charge in [0.05, 0.1) is 45.1 Å². The standard InChI is InChI=1S/C35H42N2O6/c1-35(2)12-10-26-31(43-35)9-8-25(34(26)40-4)27(20-30(38)23-6-7-23)24-11-13-36-29-22-33(32(39-3)21-28(24)29)42-17-5-14-37-15-18-41-19-16-37/h8-13,21-23,27H,5-7,14-20H2,1-4H3. The van der Waals surface area contributed by atoms with Crippen LogP contribution in [0.3, 0.4) is 0 Å². The number of ether oxygens (including phenoxy) is 5. The number of methoxy groups -OCH3 is 2. The molecule has 1 saturated carbocycles. The summed E-state index contributed by atoms with van der Waals surface area (Å²) in [4.78, 5) is 20.5. The number of hydrogen-bond acceptors (Lipinski definition) is 8. The number of pyridine rings is 1. The molecule has 1 atom stereocenters. The van der Waals surface area contributed by atoms with E-state index in [1.165, 1.54) is 0 Å². The normalized spacial score (nSPS) is 18.5. The van der Waals surface area contributed by atoms with Crippen molar-refractivity contribution < 1.29 is 28.5 Å². The number of Topliss-reactive ketones (excluding diaryl/α,β-unsaturated/α-hetero) is 1. The lowest BCUT2D eigenvalue weighted by Crippen LogP contribution is -2.37. The molecule has 2 aliphatic heterocycles. The zero-order valence-corrected chi connectivity index (χ0v) is 25.7. The van der Waals surface area contributed by atoms with Gasteiger partial charge in [0.2, 0.25) is 0 Å². The van der Waals surface area contributed by atoms with Crippen molar-refractivity contribution in [2.75, 3.05) is 53.7 Å². The van der Waals surface area contributed by atoms with Gasteiger partial charge in [-0.3, -0.25) is 14.7 Å². The van der Waals surface area contributed by atoms with E-state index in [9.17, 15) is 4.79 Å². The molecule has 3 aromatic rings. The van der Waals surface area contributed by atoms with E-state index in [0.29, 0.717) is 24.5 Å². The Morgan fingerprint density at radius 1 is 1.07 bits per heavy atom. The summed E-state index contributed by atoms with van der Waals surface area (Å²) in [5.74, 6) is 3.03. The number of aromatic nitrogens is 1. The summed E-state index contributed by atoms with van der Waals surface area (Å²) >= 11 is 0. The number of hydrogen-bond donors (Lipinski definition) is 0. The first-order chi connectivity index (χ1) is 20.9. The molecule has 1 aliphatic carbocycles. The topological polar surface area (TPSA) is 79.4 Å². The van der Waals surface area contributed by atoms with Gasteiger partial charge in [-0.25, -0.2) is 0 Å². The number of morpholine rings is 1. The summed E-state index contributed by atoms with van der Waals surface area (Å²) in [7, 11) is 3.34. The Bertz CT molecular complexity index is 1510. The van der Waals surface area contributed by atoms with E-state index in [0.717, 1.165) is 91.2 Å². The van der Waals surface area contributed by atoms with Gasteiger partial charge in [-0.05, 0) is 69.0 Å². The first-order valence-electron chi connectivity index (χ1n) is 15.4. The van der Waals surface area contributed by atoms with Crippen molar-refractivity contribution in [3.05, 3.63) is 59.3 Å². The third-order valence-corrected chi connectivity index (χ3v) is 8.64. The number of ketones is 1. The van der Waals surface area contributed by atoms with Crippen LogP contribution in [-0.4, -0.2) is 74.9 Å². The van der Waals surface area contributed by atoms with Gasteiger partial charge >= 0.3 is 0 Å². The second-order valence-corrected chi connectivity index (χ2v) is 12.2. The van der Waals surface area contributed by atoms with E-state index in [1.54, 1.807) is 14.2 Å². The number of benzene rings is 2. The SMILES string of the molecule is COc1cc2c(C(CC(=O)C3CC3)c3ccc4c(c3OC)C=CC(C)(C)O4)ccnc2cc1OCCCN1CCOCC1. The van der Waals surface area contributed by atoms with Crippen molar-refractivity contribution in [2.24, 2.45) is 5.92 Å². The maximum absolute atomic E-state index is 13.4. The molecule has 1 aromatic heterocycles. The summed E-state index contributed by atoms with van der Waals surface area (Å²) in [6.45, 7) is 9.13. The van der Waals surface area contributed by atoms with Crippen LogP contribution in [0, 0.1) is 5.92 Å². The quantitative estimate of drug-likeness (QED) is 0.238. The molecule has 228 valence electrons. The molecule has 8 heteroatoms. The Morgan fingerprint density at radius 3 is 2.63 bits per heavy atom. The van der Waals surface area contributed by atoms with Crippen LogP contribution >= 0.6 is 0 Å². The van der Waals surface area contributed by atoms with Crippen LogP contribution in [0.15, 0.2) is 42.6 Å². The highest BCUT2D eigenvalue weighted by Gasteiger charge is 2.34. The van der Waals surface area contributed by atoms with Crippen LogP contribution in [0.5, 0.6) is 23.0 Å². The van der Waals surface area contributed by atoms with Gasteiger partial charge in [0.15, 0.2) is 11.5 Å². The molecule has 1 unspecified atom stereocenters. The van der Waals surface area contributed by atoms with Gasteiger partial charge in [-0.1, -0.05) is 6.07 Å². The Hall–Kier alpha value is -3.62. The Labute approximate surface area is 253 Å². The molecule has 2 fully saturated rings. The van der Waals surface area contributed by atoms with E-state index in [-0.39, 0.29) is 17.6 Å². The lowest BCUT2D eigenvalue weighted by Gasteiger charge is -2.30. The number of rotatable bonds is 12. The molecule has 43 heavy (non-hydrogen) atoms. The van der Waals surface area contributed by atoms with Crippen LogP contribution < -0.4 is 18.9 Å². The summed E-state index contributed by atoms with van der Waals surface area (Å²) in [5, 5.41) is 0.932. The number of fused-ring (bicyclic) bond motifs is 2. The van der Waals surface area contributed by atoms with E-state index in [2.05, 4.69) is 11.0 Å². The molecule has 3 heterocycles. The molecule has 1 saturated heterocycles. The fraction of sp³-hybridized carbons (Fsp3) is 0.486. The minimum atomic E-state index is -0.402. The second-order valence-electron chi connectivity index (χ2n) is 12.2. The Balaban J connectivity index is 1.34. The van der Waals surface area contributed by atoms with Gasteiger partial charge in [0.1, 0.15) is 22.9 Å². The van der Waals surface area contributed by atoms with Crippen molar-refractivity contribution in [3.8, 4) is 23.0 Å². The van der Waals surface area contributed by atoms with Crippen molar-refractivity contribution in [2.45, 2.75) is 51.0 Å². The summed E-state index contributed by atoms with van der Waals surface area (Å²) in [5.41, 5.74) is 3.26. The van der Waals surface area contributed by atoms with E-state index >= 15 is 0 Å². The average Bonchev–Trinajstić information content (AvgIpc) is 3.87. The first-order valence-corrected chi connectivity index (χ1v) is 15.4. The minimum absolute atomic E-state index is 0.148. The first kappa shape index (κ1) is 29.5. The molecule has 8 nitrogen and oxygen atoms in total. The summed E-state index contributed by atoms with van der Waals surface area (Å²) in [6.07, 6.45) is 9.16. The predicted octanol–water partition coefficient (Wildman–Crippen LogP) is 6.04. The summed E-state index contributed by atoms with van der Waals surface area (Å²) < 4.78 is 29.7. The molecule has 0 bridgehead atoms. The molecule has 2 aromatic carbocycles. The fourth-order valence-electron chi connectivity index (χ4n) is 6.16. The van der Waals surface area contributed by atoms with Crippen LogP contribution in [-0.2, 0) is 9.53 Å². The molecule has 0 N–H and O–H groups in total. The van der Waals surface area contributed by atoms with Crippen molar-refractivity contribution in [1.29, 1.82) is 0 Å². The monoisotopic (exact) mass is 586 g/mol. The number of carbonyl (C=O) groups excluding carboxylic acids is 1. The van der Waals surface area contributed by atoms with Gasteiger partial charge < -0.3 is 23.7 Å². The Kier molecular flexibility index (Phi) is 8.59. The lowest BCUT2D eigenvalue weighted by atomic mass is 9.82. The molecular weight excluding hydrogens is 544 g/mol. The maximum atomic E-state index is 13.4. The van der Waals surface area contributed by atoms with Crippen molar-refractivity contribution in [1.82, 2.24) is 9.88 Å². The van der Waals surface area contributed by atoms with Crippen LogP contribution in [0.1, 0.15) is 62.1 Å². The van der Waals surface area contributed by atoms with Gasteiger partial charge in [0, 0.05) is 61.1 Å². The average molecular weight is 587 g/mol. The summed E-state index contributed by atoms with van der Waals surface area (Å²) in [6, 6.07) is 10.0. The maximum Gasteiger partial charge on any atom is 0.163 e. The largest absolute Gasteiger partial charge is 0.496 e. The highest BCUT2D eigenvalue weighted by Crippen LogP contribution is 2.47. The molecule has 3 aliphatic rings. The molecule has 0 amide bonds. The lowest BCUT2D eigenvalue weighted by molar-refractivity contribution is -0.120. The van der Waals surface area contributed by atoms with Crippen molar-refractivity contribution >= 4 is 22.8 Å². The van der Waals surface area contributed by atoms with Crippen LogP contribution in [0.2, 0.25) is 0 Å². The molecular formula is C35H42N2O6. The third kappa shape index (κ3) is 6.50. The Morgan fingerprint density at radius 2 is 1.88 bits per heavy atom. The van der Waals surface area contributed by atoms with E-state index in [1.807, 2.05) is 56.5 Å². The zero-order chi connectivity index (χ0) is 30.0. The van der Waals surface area contributed by atoms with Gasteiger partial charge in [0.25, 0.3) is 0 Å². The smallest absolute Gasteiger partial charge is 0.163 e. The van der Waals surface area contributed by atoms with E-state index in [4.69, 9.17) is 28.7 Å². The van der Waals surface area contributed by atoms with Gasteiger partial charge in [-0.15, -0.1) is 0 Å². The molecule has 0 spiro atoms. The second kappa shape index (κ2) is 12.5. The van der Waals surface area contributed by atoms with Gasteiger partial charge in [-0.2, -0.15) is 0 Å². The number of carbonyl (C=O) groups is 1. The van der Waals surface area contributed by atoms with Crippen LogP contribution in [0.4, 0.5) is 0 Å². The molecule has 6 rings (SSSR count). The fourth-order valence-corrected chi connectivity index (χ4v) is 6.16. The predicted molar refractivity (Wildman–Crippen MR) is 167 cm³/mol. The highest BCUT2D eigenvalue weighted by atomic mass is 16.5. The highest BCUT2D eigenvalue weighted by molar-refractivity contribution is 5.89.